The smallest absolute Gasteiger partial charge is 0.251 e. The molecule has 0 fully saturated rings. The Morgan fingerprint density at radius 2 is 1.85 bits per heavy atom. The van der Waals surface area contributed by atoms with Crippen molar-refractivity contribution in [2.24, 2.45) is 0 Å². The molecule has 0 atom stereocenters. The predicted octanol–water partition coefficient (Wildman–Crippen LogP) is 2.99. The third-order valence-electron chi connectivity index (χ3n) is 3.59. The molecule has 0 heterocycles. The molecular formula is C19H21FN2O4. The Kier molecular flexibility index (Phi) is 6.96. The number of benzene rings is 2. The molecule has 2 rings (SSSR count). The van der Waals surface area contributed by atoms with Crippen LogP contribution < -0.4 is 20.1 Å². The first-order valence-electron chi connectivity index (χ1n) is 8.12. The molecule has 2 N–H and O–H groups in total. The van der Waals surface area contributed by atoms with Crippen LogP contribution in [-0.2, 0) is 4.79 Å². The summed E-state index contributed by atoms with van der Waals surface area (Å²) in [6, 6.07) is 10.5. The summed E-state index contributed by atoms with van der Waals surface area (Å²) in [6.45, 7) is 0.328. The first-order valence-corrected chi connectivity index (χ1v) is 8.12. The van der Waals surface area contributed by atoms with Crippen molar-refractivity contribution in [1.82, 2.24) is 5.32 Å². The highest BCUT2D eigenvalue weighted by molar-refractivity contribution is 5.98. The van der Waals surface area contributed by atoms with Gasteiger partial charge in [-0.15, -0.1) is 0 Å². The van der Waals surface area contributed by atoms with E-state index >= 15 is 0 Å². The highest BCUT2D eigenvalue weighted by Gasteiger charge is 2.11. The quantitative estimate of drug-likeness (QED) is 0.710. The molecule has 138 valence electrons. The van der Waals surface area contributed by atoms with Gasteiger partial charge >= 0.3 is 0 Å². The van der Waals surface area contributed by atoms with Crippen LogP contribution in [0, 0.1) is 5.82 Å². The van der Waals surface area contributed by atoms with Gasteiger partial charge in [0.25, 0.3) is 5.91 Å². The molecule has 0 unspecified atom stereocenters. The van der Waals surface area contributed by atoms with Gasteiger partial charge in [-0.2, -0.15) is 0 Å². The van der Waals surface area contributed by atoms with E-state index in [4.69, 9.17) is 9.47 Å². The third-order valence-corrected chi connectivity index (χ3v) is 3.59. The van der Waals surface area contributed by atoms with Crippen LogP contribution in [0.3, 0.4) is 0 Å². The lowest BCUT2D eigenvalue weighted by Crippen LogP contribution is -2.19. The molecule has 0 bridgehead atoms. The zero-order valence-corrected chi connectivity index (χ0v) is 14.7. The van der Waals surface area contributed by atoms with E-state index in [-0.39, 0.29) is 24.1 Å². The number of ether oxygens (including phenoxy) is 2. The molecule has 2 aromatic carbocycles. The molecule has 2 amide bonds. The van der Waals surface area contributed by atoms with Gasteiger partial charge in [0, 0.05) is 19.0 Å². The van der Waals surface area contributed by atoms with E-state index < -0.39 is 0 Å². The second-order valence-corrected chi connectivity index (χ2v) is 5.45. The summed E-state index contributed by atoms with van der Waals surface area (Å²) in [5.41, 5.74) is 0.848. The Morgan fingerprint density at radius 3 is 2.50 bits per heavy atom. The number of rotatable bonds is 8. The van der Waals surface area contributed by atoms with E-state index in [1.807, 2.05) is 0 Å². The minimum atomic E-state index is -0.329. The van der Waals surface area contributed by atoms with Crippen LogP contribution in [0.25, 0.3) is 0 Å². The Bertz CT molecular complexity index is 763. The van der Waals surface area contributed by atoms with Gasteiger partial charge < -0.3 is 20.1 Å². The van der Waals surface area contributed by atoms with Crippen LogP contribution in [0.1, 0.15) is 23.2 Å². The van der Waals surface area contributed by atoms with E-state index in [0.29, 0.717) is 35.8 Å². The van der Waals surface area contributed by atoms with Gasteiger partial charge in [0.05, 0.1) is 19.4 Å². The number of hydrogen-bond acceptors (Lipinski definition) is 4. The second-order valence-electron chi connectivity index (χ2n) is 5.45. The fourth-order valence-electron chi connectivity index (χ4n) is 2.26. The topological polar surface area (TPSA) is 76.7 Å². The lowest BCUT2D eigenvalue weighted by atomic mass is 10.1. The molecular weight excluding hydrogens is 339 g/mol. The predicted molar refractivity (Wildman–Crippen MR) is 96.1 cm³/mol. The zero-order valence-electron chi connectivity index (χ0n) is 14.7. The number of halogens is 1. The molecule has 0 spiro atoms. The Labute approximate surface area is 151 Å². The Hall–Kier alpha value is -3.09. The zero-order chi connectivity index (χ0) is 18.9. The summed E-state index contributed by atoms with van der Waals surface area (Å²) in [7, 11) is 3.02. The van der Waals surface area contributed by atoms with Crippen molar-refractivity contribution >= 4 is 17.5 Å². The van der Waals surface area contributed by atoms with E-state index in [0.717, 1.165) is 0 Å². The SMILES string of the molecule is CNC(=O)c1ccc(OC)c(NC(=O)CCCOc2ccc(F)cc2)c1. The summed E-state index contributed by atoms with van der Waals surface area (Å²) >= 11 is 0. The second kappa shape index (κ2) is 9.41. The van der Waals surface area contributed by atoms with Gasteiger partial charge in [0.15, 0.2) is 0 Å². The first kappa shape index (κ1) is 19.2. The highest BCUT2D eigenvalue weighted by atomic mass is 19.1. The fourth-order valence-corrected chi connectivity index (χ4v) is 2.26. The van der Waals surface area contributed by atoms with Crippen LogP contribution in [0.4, 0.5) is 10.1 Å². The monoisotopic (exact) mass is 360 g/mol. The van der Waals surface area contributed by atoms with Gasteiger partial charge in [0.1, 0.15) is 17.3 Å². The lowest BCUT2D eigenvalue weighted by Gasteiger charge is -2.12. The number of amides is 2. The maximum absolute atomic E-state index is 12.8. The van der Waals surface area contributed by atoms with Gasteiger partial charge in [-0.25, -0.2) is 4.39 Å². The average Bonchev–Trinajstić information content (AvgIpc) is 2.66. The van der Waals surface area contributed by atoms with Crippen molar-refractivity contribution in [2.45, 2.75) is 12.8 Å². The maximum Gasteiger partial charge on any atom is 0.251 e. The number of anilines is 1. The molecule has 6 nitrogen and oxygen atoms in total. The van der Waals surface area contributed by atoms with Crippen molar-refractivity contribution in [1.29, 1.82) is 0 Å². The van der Waals surface area contributed by atoms with Crippen LogP contribution in [0.5, 0.6) is 11.5 Å². The summed E-state index contributed by atoms with van der Waals surface area (Å²) in [5.74, 6) is 0.209. The van der Waals surface area contributed by atoms with Crippen LogP contribution >= 0.6 is 0 Å². The number of methoxy groups -OCH3 is 1. The van der Waals surface area contributed by atoms with Gasteiger partial charge in [-0.1, -0.05) is 0 Å². The molecule has 0 saturated carbocycles. The van der Waals surface area contributed by atoms with Crippen LogP contribution in [0.15, 0.2) is 42.5 Å². The normalized spacial score (nSPS) is 10.1. The van der Waals surface area contributed by atoms with Crippen molar-refractivity contribution in [3.8, 4) is 11.5 Å². The summed E-state index contributed by atoms with van der Waals surface area (Å²) in [4.78, 5) is 23.8. The largest absolute Gasteiger partial charge is 0.495 e. The van der Waals surface area contributed by atoms with Crippen molar-refractivity contribution < 1.29 is 23.5 Å². The van der Waals surface area contributed by atoms with E-state index in [1.165, 1.54) is 38.4 Å². The van der Waals surface area contributed by atoms with Crippen molar-refractivity contribution in [2.75, 3.05) is 26.1 Å². The molecule has 0 aliphatic carbocycles. The summed E-state index contributed by atoms with van der Waals surface area (Å²) < 4.78 is 23.5. The molecule has 0 radical (unpaired) electrons. The van der Waals surface area contributed by atoms with E-state index in [2.05, 4.69) is 10.6 Å². The van der Waals surface area contributed by atoms with Crippen molar-refractivity contribution in [3.63, 3.8) is 0 Å². The first-order chi connectivity index (χ1) is 12.5. The van der Waals surface area contributed by atoms with Crippen molar-refractivity contribution in [3.05, 3.63) is 53.8 Å². The Balaban J connectivity index is 1.86. The van der Waals surface area contributed by atoms with Gasteiger partial charge in [-0.3, -0.25) is 9.59 Å². The third kappa shape index (κ3) is 5.47. The lowest BCUT2D eigenvalue weighted by molar-refractivity contribution is -0.116. The molecule has 26 heavy (non-hydrogen) atoms. The fraction of sp³-hybridized carbons (Fsp3) is 0.263. The number of carbonyl (C=O) groups excluding carboxylic acids is 2. The summed E-state index contributed by atoms with van der Waals surface area (Å²) in [5, 5.41) is 5.27. The van der Waals surface area contributed by atoms with Crippen LogP contribution in [0.2, 0.25) is 0 Å². The highest BCUT2D eigenvalue weighted by Crippen LogP contribution is 2.25. The number of carbonyl (C=O) groups is 2. The number of nitrogens with one attached hydrogen (secondary N) is 2. The molecule has 0 saturated heterocycles. The number of hydrogen-bond donors (Lipinski definition) is 2. The summed E-state index contributed by atoms with van der Waals surface area (Å²) in [6.07, 6.45) is 0.717. The molecule has 7 heteroatoms. The molecule has 0 aromatic heterocycles. The van der Waals surface area contributed by atoms with Gasteiger partial charge in [0.2, 0.25) is 5.91 Å². The van der Waals surface area contributed by atoms with Crippen LogP contribution in [-0.4, -0.2) is 32.6 Å². The molecule has 2 aromatic rings. The molecule has 0 aliphatic heterocycles. The average molecular weight is 360 g/mol. The maximum atomic E-state index is 12.8. The van der Waals surface area contributed by atoms with E-state index in [1.54, 1.807) is 18.2 Å². The van der Waals surface area contributed by atoms with E-state index in [9.17, 15) is 14.0 Å². The Morgan fingerprint density at radius 1 is 1.12 bits per heavy atom. The minimum Gasteiger partial charge on any atom is -0.495 e. The van der Waals surface area contributed by atoms with Gasteiger partial charge in [-0.05, 0) is 48.9 Å². The molecule has 0 aliphatic rings. The minimum absolute atomic E-state index is 0.222. The standard InChI is InChI=1S/C19H21FN2O4/c1-21-19(24)13-5-10-17(25-2)16(12-13)22-18(23)4-3-11-26-15-8-6-14(20)7-9-15/h5-10,12H,3-4,11H2,1-2H3,(H,21,24)(H,22,23).